The zero-order valence-corrected chi connectivity index (χ0v) is 14.5. The van der Waals surface area contributed by atoms with E-state index in [-0.39, 0.29) is 17.4 Å². The second-order valence-corrected chi connectivity index (χ2v) is 7.45. The summed E-state index contributed by atoms with van der Waals surface area (Å²) >= 11 is 0. The summed E-state index contributed by atoms with van der Waals surface area (Å²) in [6, 6.07) is 5.88. The highest BCUT2D eigenvalue weighted by Gasteiger charge is 2.62. The van der Waals surface area contributed by atoms with E-state index in [1.807, 2.05) is 6.08 Å². The number of benzene rings is 1. The number of hydrogen-bond acceptors (Lipinski definition) is 3. The minimum absolute atomic E-state index is 0.128. The first-order chi connectivity index (χ1) is 13.0. The molecule has 1 aromatic carbocycles. The van der Waals surface area contributed by atoms with Crippen LogP contribution in [0.3, 0.4) is 0 Å². The lowest BCUT2D eigenvalue weighted by atomic mass is 9.90. The molecule has 0 bridgehead atoms. The van der Waals surface area contributed by atoms with Crippen LogP contribution in [0.2, 0.25) is 0 Å². The zero-order chi connectivity index (χ0) is 18.8. The van der Waals surface area contributed by atoms with Gasteiger partial charge in [0.05, 0.1) is 11.7 Å². The predicted molar refractivity (Wildman–Crippen MR) is 98.5 cm³/mol. The SMILES string of the molecule is O=C(O)C12C=Cc3nc4c(c(=O)n3C1C2)CCCC4=Cc1ccc(F)cc1. The van der Waals surface area contributed by atoms with E-state index in [0.29, 0.717) is 29.9 Å². The van der Waals surface area contributed by atoms with E-state index in [2.05, 4.69) is 0 Å². The van der Waals surface area contributed by atoms with E-state index in [0.717, 1.165) is 24.0 Å². The summed E-state index contributed by atoms with van der Waals surface area (Å²) in [5, 5.41) is 9.50. The maximum atomic E-state index is 13.1. The van der Waals surface area contributed by atoms with Crippen molar-refractivity contribution in [2.24, 2.45) is 5.41 Å². The number of hydrogen-bond donors (Lipinski definition) is 1. The Kier molecular flexibility index (Phi) is 3.29. The van der Waals surface area contributed by atoms with Gasteiger partial charge in [-0.05, 0) is 61.1 Å². The Labute approximate surface area is 154 Å². The van der Waals surface area contributed by atoms with E-state index in [4.69, 9.17) is 4.98 Å². The number of carbonyl (C=O) groups is 1. The molecule has 1 aromatic heterocycles. The van der Waals surface area contributed by atoms with Crippen molar-refractivity contribution in [3.8, 4) is 0 Å². The lowest BCUT2D eigenvalue weighted by molar-refractivity contribution is -0.141. The lowest BCUT2D eigenvalue weighted by Crippen LogP contribution is -2.33. The van der Waals surface area contributed by atoms with Gasteiger partial charge in [0, 0.05) is 5.56 Å². The topological polar surface area (TPSA) is 72.2 Å². The van der Waals surface area contributed by atoms with E-state index in [1.165, 1.54) is 12.1 Å². The first kappa shape index (κ1) is 16.2. The summed E-state index contributed by atoms with van der Waals surface area (Å²) < 4.78 is 14.7. The highest BCUT2D eigenvalue weighted by Crippen LogP contribution is 2.59. The third kappa shape index (κ3) is 2.32. The molecule has 2 aromatic rings. The van der Waals surface area contributed by atoms with Crippen LogP contribution >= 0.6 is 0 Å². The smallest absolute Gasteiger partial charge is 0.315 e. The van der Waals surface area contributed by atoms with Gasteiger partial charge in [-0.1, -0.05) is 18.2 Å². The highest BCUT2D eigenvalue weighted by atomic mass is 19.1. The van der Waals surface area contributed by atoms with Crippen molar-refractivity contribution in [3.63, 3.8) is 0 Å². The van der Waals surface area contributed by atoms with Crippen molar-refractivity contribution in [1.82, 2.24) is 9.55 Å². The minimum Gasteiger partial charge on any atom is -0.481 e. The van der Waals surface area contributed by atoms with Crippen LogP contribution in [0.15, 0.2) is 35.1 Å². The molecule has 0 amide bonds. The van der Waals surface area contributed by atoms with E-state index in [9.17, 15) is 19.1 Å². The second kappa shape index (κ2) is 5.49. The fourth-order valence-corrected chi connectivity index (χ4v) is 4.26. The summed E-state index contributed by atoms with van der Waals surface area (Å²) in [4.78, 5) is 29.4. The third-order valence-electron chi connectivity index (χ3n) is 5.83. The maximum Gasteiger partial charge on any atom is 0.315 e. The number of aliphatic carboxylic acids is 1. The Bertz CT molecular complexity index is 1100. The molecule has 136 valence electrons. The van der Waals surface area contributed by atoms with Crippen LogP contribution in [0.25, 0.3) is 17.7 Å². The third-order valence-corrected chi connectivity index (χ3v) is 5.83. The van der Waals surface area contributed by atoms with Gasteiger partial charge in [0.2, 0.25) is 0 Å². The Morgan fingerprint density at radius 3 is 2.81 bits per heavy atom. The van der Waals surface area contributed by atoms with Gasteiger partial charge in [-0.25, -0.2) is 9.37 Å². The lowest BCUT2D eigenvalue weighted by Gasteiger charge is -2.23. The fraction of sp³-hybridized carbons (Fsp3) is 0.286. The van der Waals surface area contributed by atoms with Crippen molar-refractivity contribution in [1.29, 1.82) is 0 Å². The van der Waals surface area contributed by atoms with E-state index in [1.54, 1.807) is 28.9 Å². The van der Waals surface area contributed by atoms with Crippen molar-refractivity contribution in [3.05, 3.63) is 69.2 Å². The molecule has 1 aliphatic heterocycles. The molecule has 2 heterocycles. The van der Waals surface area contributed by atoms with Crippen LogP contribution in [-0.2, 0) is 11.2 Å². The van der Waals surface area contributed by atoms with Crippen molar-refractivity contribution in [2.75, 3.05) is 0 Å². The summed E-state index contributed by atoms with van der Waals surface area (Å²) in [6.07, 6.45) is 7.98. The Hall–Kier alpha value is -3.02. The van der Waals surface area contributed by atoms with Gasteiger partial charge in [-0.15, -0.1) is 0 Å². The van der Waals surface area contributed by atoms with Crippen LogP contribution in [0.1, 0.15) is 47.9 Å². The molecule has 1 saturated carbocycles. The van der Waals surface area contributed by atoms with Crippen LogP contribution in [-0.4, -0.2) is 20.6 Å². The van der Waals surface area contributed by atoms with Gasteiger partial charge in [0.15, 0.2) is 0 Å². The number of nitrogens with zero attached hydrogens (tertiary/aromatic N) is 2. The number of fused-ring (bicyclic) bond motifs is 4. The summed E-state index contributed by atoms with van der Waals surface area (Å²) in [5.41, 5.74) is 2.09. The van der Waals surface area contributed by atoms with Gasteiger partial charge >= 0.3 is 5.97 Å². The standard InChI is InChI=1S/C21H17FN2O3/c22-14-6-4-12(5-7-14)10-13-2-1-3-15-18(13)23-17-8-9-21(20(26)27)11-16(21)24(17)19(15)25/h4-10,16H,1-3,11H2,(H,26,27). The highest BCUT2D eigenvalue weighted by molar-refractivity contribution is 5.85. The predicted octanol–water partition coefficient (Wildman–Crippen LogP) is 3.30. The Morgan fingerprint density at radius 2 is 2.07 bits per heavy atom. The van der Waals surface area contributed by atoms with Crippen LogP contribution in [0, 0.1) is 11.2 Å². The summed E-state index contributed by atoms with van der Waals surface area (Å²) in [7, 11) is 0. The minimum atomic E-state index is -0.950. The fourth-order valence-electron chi connectivity index (χ4n) is 4.26. The molecule has 1 N–H and O–H groups in total. The Morgan fingerprint density at radius 1 is 1.30 bits per heavy atom. The first-order valence-corrected chi connectivity index (χ1v) is 9.04. The average Bonchev–Trinajstić information content (AvgIpc) is 3.41. The molecule has 6 heteroatoms. The molecular formula is C21H17FN2O3. The average molecular weight is 364 g/mol. The van der Waals surface area contributed by atoms with Gasteiger partial charge in [-0.3, -0.25) is 14.2 Å². The van der Waals surface area contributed by atoms with Crippen LogP contribution in [0.5, 0.6) is 0 Å². The molecule has 2 unspecified atom stereocenters. The zero-order valence-electron chi connectivity index (χ0n) is 14.5. The number of aromatic nitrogens is 2. The Balaban J connectivity index is 1.63. The van der Waals surface area contributed by atoms with Gasteiger partial charge in [0.25, 0.3) is 5.56 Å². The molecule has 3 aliphatic rings. The molecule has 0 spiro atoms. The van der Waals surface area contributed by atoms with Gasteiger partial charge in [0.1, 0.15) is 17.1 Å². The number of rotatable bonds is 2. The number of allylic oxidation sites excluding steroid dienone is 1. The summed E-state index contributed by atoms with van der Waals surface area (Å²) in [5.74, 6) is -0.663. The number of carboxylic acids is 1. The van der Waals surface area contributed by atoms with Crippen molar-refractivity contribution >= 4 is 23.7 Å². The second-order valence-electron chi connectivity index (χ2n) is 7.45. The molecule has 2 atom stereocenters. The van der Waals surface area contributed by atoms with E-state index < -0.39 is 11.4 Å². The van der Waals surface area contributed by atoms with E-state index >= 15 is 0 Å². The number of halogens is 1. The van der Waals surface area contributed by atoms with Crippen LogP contribution in [0.4, 0.5) is 4.39 Å². The van der Waals surface area contributed by atoms with Gasteiger partial charge in [-0.2, -0.15) is 0 Å². The normalized spacial score (nSPS) is 26.3. The molecular weight excluding hydrogens is 347 g/mol. The van der Waals surface area contributed by atoms with Crippen LogP contribution < -0.4 is 5.56 Å². The molecule has 5 nitrogen and oxygen atoms in total. The molecule has 0 saturated heterocycles. The molecule has 1 fully saturated rings. The summed E-state index contributed by atoms with van der Waals surface area (Å²) in [6.45, 7) is 0. The number of carboxylic acid groups (broad SMARTS) is 1. The maximum absolute atomic E-state index is 13.1. The molecule has 0 radical (unpaired) electrons. The van der Waals surface area contributed by atoms with Gasteiger partial charge < -0.3 is 5.11 Å². The largest absolute Gasteiger partial charge is 0.481 e. The quantitative estimate of drug-likeness (QED) is 0.887. The first-order valence-electron chi connectivity index (χ1n) is 9.04. The molecule has 27 heavy (non-hydrogen) atoms. The molecule has 5 rings (SSSR count). The van der Waals surface area contributed by atoms with Crippen molar-refractivity contribution < 1.29 is 14.3 Å². The monoisotopic (exact) mass is 364 g/mol. The molecule has 2 aliphatic carbocycles. The van der Waals surface area contributed by atoms with Crippen molar-refractivity contribution in [2.45, 2.75) is 31.7 Å².